The van der Waals surface area contributed by atoms with E-state index in [1.54, 1.807) is 64.6 Å². The number of piperazine rings is 1. The number of nitrogens with one attached hydrogen (secondary N) is 2. The highest BCUT2D eigenvalue weighted by atomic mass is 16.6. The minimum Gasteiger partial charge on any atom is -0.444 e. The number of carbonyl (C=O) groups is 4. The molecule has 2 N–H and O–H groups in total. The van der Waals surface area contributed by atoms with Crippen molar-refractivity contribution in [1.29, 1.82) is 5.26 Å². The predicted octanol–water partition coefficient (Wildman–Crippen LogP) is 4.65. The number of nitrogens with zero attached hydrogens (tertiary/aromatic N) is 4. The Labute approximate surface area is 239 Å². The van der Waals surface area contributed by atoms with Crippen LogP contribution in [0.4, 0.5) is 26.8 Å². The van der Waals surface area contributed by atoms with E-state index in [4.69, 9.17) is 14.7 Å². The standard InChI is InChI=1S/C29H36N6O6/c1-16-14-34(27(39)41-29(5,6)7)15-24(36)35(16)19-8-17-10-23(33-25(37)20-9-18(20)12-30)31-13-21(17)22(11-19)32-26(38)40-28(2,3)4/h8,10-11,13,16,18,20H,9,14-15H2,1-7H3,(H,32,38)(H,31,33,37)/t16?,18-,20+/m0/s1. The molecule has 1 aliphatic heterocycles. The van der Waals surface area contributed by atoms with Crippen molar-refractivity contribution in [1.82, 2.24) is 9.88 Å². The molecule has 0 radical (unpaired) electrons. The van der Waals surface area contributed by atoms with Crippen LogP contribution in [0, 0.1) is 23.2 Å². The van der Waals surface area contributed by atoms with Gasteiger partial charge in [0, 0.05) is 23.8 Å². The van der Waals surface area contributed by atoms with Crippen molar-refractivity contribution < 1.29 is 28.7 Å². The summed E-state index contributed by atoms with van der Waals surface area (Å²) in [6.07, 6.45) is 0.781. The molecule has 3 atom stereocenters. The fourth-order valence-electron chi connectivity index (χ4n) is 4.63. The summed E-state index contributed by atoms with van der Waals surface area (Å²) in [5.41, 5.74) is -0.588. The Balaban J connectivity index is 1.66. The van der Waals surface area contributed by atoms with Gasteiger partial charge in [-0.1, -0.05) is 0 Å². The van der Waals surface area contributed by atoms with Gasteiger partial charge in [-0.05, 0) is 78.5 Å². The maximum absolute atomic E-state index is 13.4. The highest BCUT2D eigenvalue weighted by Crippen LogP contribution is 2.39. The van der Waals surface area contributed by atoms with E-state index in [1.807, 2.05) is 6.92 Å². The minimum atomic E-state index is -0.736. The molecule has 2 fully saturated rings. The van der Waals surface area contributed by atoms with Gasteiger partial charge in [0.25, 0.3) is 0 Å². The number of fused-ring (bicyclic) bond motifs is 1. The van der Waals surface area contributed by atoms with Crippen LogP contribution in [-0.4, -0.2) is 64.2 Å². The molecule has 1 unspecified atom stereocenters. The lowest BCUT2D eigenvalue weighted by Crippen LogP contribution is -2.57. The van der Waals surface area contributed by atoms with Crippen molar-refractivity contribution in [3.05, 3.63) is 24.4 Å². The molecule has 41 heavy (non-hydrogen) atoms. The fraction of sp³-hybridized carbons (Fsp3) is 0.517. The Morgan fingerprint density at radius 1 is 1.05 bits per heavy atom. The van der Waals surface area contributed by atoms with Gasteiger partial charge in [-0.3, -0.25) is 19.8 Å². The molecule has 0 spiro atoms. The van der Waals surface area contributed by atoms with E-state index in [9.17, 15) is 19.2 Å². The first-order chi connectivity index (χ1) is 19.0. The topological polar surface area (TPSA) is 154 Å². The summed E-state index contributed by atoms with van der Waals surface area (Å²) in [4.78, 5) is 58.5. The molecule has 1 saturated heterocycles. The number of benzene rings is 1. The van der Waals surface area contributed by atoms with E-state index in [1.165, 1.54) is 11.1 Å². The zero-order valence-corrected chi connectivity index (χ0v) is 24.4. The molecule has 4 rings (SSSR count). The lowest BCUT2D eigenvalue weighted by molar-refractivity contribution is -0.122. The molecule has 1 aromatic heterocycles. The first kappa shape index (κ1) is 29.6. The maximum Gasteiger partial charge on any atom is 0.412 e. The van der Waals surface area contributed by atoms with Crippen molar-refractivity contribution in [3.8, 4) is 6.07 Å². The van der Waals surface area contributed by atoms with E-state index in [2.05, 4.69) is 21.7 Å². The third-order valence-electron chi connectivity index (χ3n) is 6.45. The number of nitriles is 1. The van der Waals surface area contributed by atoms with Crippen LogP contribution in [0.3, 0.4) is 0 Å². The second kappa shape index (κ2) is 10.9. The SMILES string of the molecule is CC1CN(C(=O)OC(C)(C)C)CC(=O)N1c1cc(NC(=O)OC(C)(C)C)c2cnc(NC(=O)[C@@H]3C[C@H]3C#N)cc2c1. The number of anilines is 3. The molecule has 218 valence electrons. The van der Waals surface area contributed by atoms with E-state index in [0.29, 0.717) is 28.6 Å². The van der Waals surface area contributed by atoms with Gasteiger partial charge in [-0.15, -0.1) is 0 Å². The summed E-state index contributed by atoms with van der Waals surface area (Å²) < 4.78 is 10.9. The Hall–Kier alpha value is -4.40. The van der Waals surface area contributed by atoms with Crippen LogP contribution in [0.1, 0.15) is 54.9 Å². The number of ether oxygens (including phenoxy) is 2. The average molecular weight is 565 g/mol. The molecular formula is C29H36N6O6. The number of pyridine rings is 1. The smallest absolute Gasteiger partial charge is 0.412 e. The van der Waals surface area contributed by atoms with Gasteiger partial charge in [0.15, 0.2) is 0 Å². The molecule has 12 nitrogen and oxygen atoms in total. The van der Waals surface area contributed by atoms with Gasteiger partial charge < -0.3 is 19.7 Å². The minimum absolute atomic E-state index is 0.175. The lowest BCUT2D eigenvalue weighted by atomic mass is 10.1. The number of hydrogen-bond donors (Lipinski definition) is 2. The summed E-state index contributed by atoms with van der Waals surface area (Å²) in [6, 6.07) is 6.76. The van der Waals surface area contributed by atoms with E-state index < -0.39 is 29.4 Å². The van der Waals surface area contributed by atoms with Crippen LogP contribution >= 0.6 is 0 Å². The van der Waals surface area contributed by atoms with Crippen LogP contribution in [-0.2, 0) is 19.1 Å². The van der Waals surface area contributed by atoms with Crippen LogP contribution in [0.25, 0.3) is 10.8 Å². The van der Waals surface area contributed by atoms with Crippen LogP contribution in [0.2, 0.25) is 0 Å². The van der Waals surface area contributed by atoms with Crippen molar-refractivity contribution in [3.63, 3.8) is 0 Å². The molecule has 1 aromatic carbocycles. The number of aromatic nitrogens is 1. The van der Waals surface area contributed by atoms with Crippen molar-refractivity contribution in [2.75, 3.05) is 28.6 Å². The molecule has 0 bridgehead atoms. The number of amides is 4. The first-order valence-electron chi connectivity index (χ1n) is 13.5. The summed E-state index contributed by atoms with van der Waals surface area (Å²) in [5, 5.41) is 15.7. The Morgan fingerprint density at radius 2 is 1.73 bits per heavy atom. The summed E-state index contributed by atoms with van der Waals surface area (Å²) in [6.45, 7) is 12.4. The van der Waals surface area contributed by atoms with Gasteiger partial charge in [0.2, 0.25) is 11.8 Å². The fourth-order valence-corrected chi connectivity index (χ4v) is 4.63. The van der Waals surface area contributed by atoms with Gasteiger partial charge in [-0.25, -0.2) is 14.6 Å². The molecule has 12 heteroatoms. The van der Waals surface area contributed by atoms with Crippen LogP contribution in [0.15, 0.2) is 24.4 Å². The lowest BCUT2D eigenvalue weighted by Gasteiger charge is -2.40. The second-order valence-corrected chi connectivity index (χ2v) is 12.5. The molecule has 2 aromatic rings. The van der Waals surface area contributed by atoms with Crippen molar-refractivity contribution in [2.24, 2.45) is 11.8 Å². The molecule has 1 saturated carbocycles. The van der Waals surface area contributed by atoms with Gasteiger partial charge >= 0.3 is 12.2 Å². The largest absolute Gasteiger partial charge is 0.444 e. The Morgan fingerprint density at radius 3 is 2.32 bits per heavy atom. The molecular weight excluding hydrogens is 528 g/mol. The summed E-state index contributed by atoms with van der Waals surface area (Å²) in [7, 11) is 0. The van der Waals surface area contributed by atoms with Crippen molar-refractivity contribution in [2.45, 2.75) is 72.1 Å². The van der Waals surface area contributed by atoms with E-state index >= 15 is 0 Å². The highest BCUT2D eigenvalue weighted by molar-refractivity contribution is 6.07. The van der Waals surface area contributed by atoms with E-state index in [0.717, 1.165) is 0 Å². The Bertz CT molecular complexity index is 1440. The van der Waals surface area contributed by atoms with Crippen LogP contribution < -0.4 is 15.5 Å². The quantitative estimate of drug-likeness (QED) is 0.544. The van der Waals surface area contributed by atoms with Gasteiger partial charge in [0.1, 0.15) is 23.6 Å². The number of carbonyl (C=O) groups excluding carboxylic acids is 4. The van der Waals surface area contributed by atoms with E-state index in [-0.39, 0.29) is 42.6 Å². The Kier molecular flexibility index (Phi) is 7.85. The molecule has 2 aliphatic rings. The first-order valence-corrected chi connectivity index (χ1v) is 13.5. The van der Waals surface area contributed by atoms with Crippen molar-refractivity contribution >= 4 is 52.0 Å². The molecule has 2 heterocycles. The number of rotatable bonds is 4. The highest BCUT2D eigenvalue weighted by Gasteiger charge is 2.43. The molecule has 1 aliphatic carbocycles. The zero-order valence-electron chi connectivity index (χ0n) is 24.4. The average Bonchev–Trinajstić information content (AvgIpc) is 3.61. The van der Waals surface area contributed by atoms with Crippen LogP contribution in [0.5, 0.6) is 0 Å². The third kappa shape index (κ3) is 7.22. The third-order valence-corrected chi connectivity index (χ3v) is 6.45. The monoisotopic (exact) mass is 564 g/mol. The maximum atomic E-state index is 13.4. The number of hydrogen-bond acceptors (Lipinski definition) is 8. The summed E-state index contributed by atoms with van der Waals surface area (Å²) in [5.74, 6) is -0.989. The normalized spacial score (nSPS) is 20.7. The molecule has 4 amide bonds. The second-order valence-electron chi connectivity index (χ2n) is 12.5. The zero-order chi connectivity index (χ0) is 30.3. The summed E-state index contributed by atoms with van der Waals surface area (Å²) >= 11 is 0. The van der Waals surface area contributed by atoms with Gasteiger partial charge in [-0.2, -0.15) is 5.26 Å². The van der Waals surface area contributed by atoms with Gasteiger partial charge in [0.05, 0.1) is 29.6 Å². The predicted molar refractivity (Wildman–Crippen MR) is 152 cm³/mol.